The van der Waals surface area contributed by atoms with E-state index in [0.29, 0.717) is 5.56 Å². The fourth-order valence-electron chi connectivity index (χ4n) is 4.68. The van der Waals surface area contributed by atoms with Crippen molar-refractivity contribution in [2.45, 2.75) is 43.3 Å². The van der Waals surface area contributed by atoms with Gasteiger partial charge in [-0.2, -0.15) is 0 Å². The number of amides is 2. The lowest BCUT2D eigenvalue weighted by molar-refractivity contribution is -0.152. The summed E-state index contributed by atoms with van der Waals surface area (Å²) in [6, 6.07) is 19.6. The van der Waals surface area contributed by atoms with Crippen LogP contribution in [0.2, 0.25) is 0 Å². The summed E-state index contributed by atoms with van der Waals surface area (Å²) in [5, 5.41) is 32.9. The lowest BCUT2D eigenvalue weighted by atomic mass is 9.96. The zero-order valence-electron chi connectivity index (χ0n) is 20.8. The smallest absolute Gasteiger partial charge is 0.326 e. The molecule has 1 heterocycles. The molecule has 0 spiro atoms. The minimum Gasteiger partial charge on any atom is -0.508 e. The van der Waals surface area contributed by atoms with Crippen LogP contribution in [-0.2, 0) is 16.0 Å². The molecule has 0 radical (unpaired) electrons. The number of nitrogens with one attached hydrogen (secondary N) is 1. The van der Waals surface area contributed by atoms with Crippen LogP contribution in [0.1, 0.15) is 27.9 Å². The Bertz CT molecular complexity index is 1310. The SMILES string of the molecule is Cc1c(O)cccc1C(=O)N[C@@H](Cc1ccc(-c2ccccc2)cc1)[C@H](O)C(=O)N1C[C@@H](Cl)C[C@H]1C(=O)O. The molecule has 4 atom stereocenters. The van der Waals surface area contributed by atoms with Crippen LogP contribution in [0.4, 0.5) is 0 Å². The maximum atomic E-state index is 13.3. The van der Waals surface area contributed by atoms with E-state index in [1.807, 2.05) is 54.6 Å². The second-order valence-electron chi connectivity index (χ2n) is 9.42. The number of aliphatic hydroxyl groups is 1. The third-order valence-electron chi connectivity index (χ3n) is 6.84. The number of carboxylic acids is 1. The number of rotatable bonds is 8. The van der Waals surface area contributed by atoms with E-state index in [2.05, 4.69) is 5.32 Å². The Morgan fingerprint density at radius 2 is 1.66 bits per heavy atom. The van der Waals surface area contributed by atoms with Gasteiger partial charge < -0.3 is 25.5 Å². The highest BCUT2D eigenvalue weighted by Gasteiger charge is 2.42. The molecule has 2 amide bonds. The van der Waals surface area contributed by atoms with Crippen molar-refractivity contribution in [1.82, 2.24) is 10.2 Å². The van der Waals surface area contributed by atoms with Crippen LogP contribution in [-0.4, -0.2) is 68.1 Å². The highest BCUT2D eigenvalue weighted by molar-refractivity contribution is 6.21. The Morgan fingerprint density at radius 1 is 1.00 bits per heavy atom. The average molecular weight is 537 g/mol. The highest BCUT2D eigenvalue weighted by Crippen LogP contribution is 2.25. The molecule has 0 bridgehead atoms. The van der Waals surface area contributed by atoms with E-state index in [1.165, 1.54) is 18.2 Å². The number of aliphatic carboxylic acids is 1. The molecule has 9 heteroatoms. The van der Waals surface area contributed by atoms with Gasteiger partial charge in [0, 0.05) is 17.7 Å². The average Bonchev–Trinajstić information content (AvgIpc) is 3.32. The summed E-state index contributed by atoms with van der Waals surface area (Å²) in [6.45, 7) is 1.57. The number of phenols is 1. The van der Waals surface area contributed by atoms with Gasteiger partial charge in [0.05, 0.1) is 11.4 Å². The van der Waals surface area contributed by atoms with Crippen LogP contribution >= 0.6 is 11.6 Å². The molecule has 1 aliphatic rings. The molecule has 0 aromatic heterocycles. The molecule has 8 nitrogen and oxygen atoms in total. The van der Waals surface area contributed by atoms with Gasteiger partial charge in [-0.1, -0.05) is 60.7 Å². The van der Waals surface area contributed by atoms with Crippen LogP contribution in [0.3, 0.4) is 0 Å². The molecule has 3 aromatic rings. The number of nitrogens with zero attached hydrogens (tertiary/aromatic N) is 1. The number of carbonyl (C=O) groups is 3. The zero-order valence-corrected chi connectivity index (χ0v) is 21.5. The van der Waals surface area contributed by atoms with E-state index in [1.54, 1.807) is 6.92 Å². The molecule has 1 aliphatic heterocycles. The third-order valence-corrected chi connectivity index (χ3v) is 7.15. The first-order valence-corrected chi connectivity index (χ1v) is 12.7. The van der Waals surface area contributed by atoms with Gasteiger partial charge in [-0.15, -0.1) is 11.6 Å². The van der Waals surface area contributed by atoms with E-state index >= 15 is 0 Å². The van der Waals surface area contributed by atoms with Gasteiger partial charge in [0.1, 0.15) is 11.8 Å². The third kappa shape index (κ3) is 5.98. The first-order valence-electron chi connectivity index (χ1n) is 12.2. The van der Waals surface area contributed by atoms with Crippen molar-refractivity contribution < 1.29 is 29.7 Å². The summed E-state index contributed by atoms with van der Waals surface area (Å²) in [5.41, 5.74) is 3.31. The number of hydrogen-bond acceptors (Lipinski definition) is 5. The number of halogens is 1. The van der Waals surface area contributed by atoms with Crippen molar-refractivity contribution in [3.63, 3.8) is 0 Å². The number of phenolic OH excluding ortho intramolecular Hbond substituents is 1. The minimum absolute atomic E-state index is 0.0213. The van der Waals surface area contributed by atoms with E-state index in [9.17, 15) is 29.7 Å². The van der Waals surface area contributed by atoms with Crippen molar-refractivity contribution in [3.8, 4) is 16.9 Å². The summed E-state index contributed by atoms with van der Waals surface area (Å²) in [6.07, 6.45) is -1.56. The minimum atomic E-state index is -1.73. The Kier molecular flexibility index (Phi) is 8.34. The molecule has 4 rings (SSSR count). The van der Waals surface area contributed by atoms with Crippen molar-refractivity contribution in [2.75, 3.05) is 6.54 Å². The maximum Gasteiger partial charge on any atom is 0.326 e. The lowest BCUT2D eigenvalue weighted by Crippen LogP contribution is -2.54. The van der Waals surface area contributed by atoms with Gasteiger partial charge in [-0.3, -0.25) is 9.59 Å². The topological polar surface area (TPSA) is 127 Å². The predicted octanol–water partition coefficient (Wildman–Crippen LogP) is 3.36. The van der Waals surface area contributed by atoms with Crippen molar-refractivity contribution >= 4 is 29.4 Å². The number of carboxylic acid groups (broad SMARTS) is 1. The number of alkyl halides is 1. The Labute approximate surface area is 225 Å². The highest BCUT2D eigenvalue weighted by atomic mass is 35.5. The van der Waals surface area contributed by atoms with Crippen LogP contribution in [0, 0.1) is 6.92 Å². The maximum absolute atomic E-state index is 13.3. The number of hydrogen-bond donors (Lipinski definition) is 4. The molecule has 0 unspecified atom stereocenters. The van der Waals surface area contributed by atoms with E-state index in [0.717, 1.165) is 21.6 Å². The monoisotopic (exact) mass is 536 g/mol. The molecule has 4 N–H and O–H groups in total. The molecular formula is C29H29ClN2O6. The largest absolute Gasteiger partial charge is 0.508 e. The second-order valence-corrected chi connectivity index (χ2v) is 10.0. The van der Waals surface area contributed by atoms with Crippen molar-refractivity contribution in [3.05, 3.63) is 89.5 Å². The Hall–Kier alpha value is -3.88. The number of benzene rings is 3. The van der Waals surface area contributed by atoms with Gasteiger partial charge in [-0.25, -0.2) is 4.79 Å². The van der Waals surface area contributed by atoms with Crippen molar-refractivity contribution in [2.24, 2.45) is 0 Å². The van der Waals surface area contributed by atoms with E-state index < -0.39 is 41.3 Å². The normalized spacial score (nSPS) is 18.6. The predicted molar refractivity (Wildman–Crippen MR) is 143 cm³/mol. The van der Waals surface area contributed by atoms with Gasteiger partial charge in [0.2, 0.25) is 0 Å². The standard InChI is InChI=1S/C29H29ClN2O6/c1-17-22(8-5-9-25(17)33)27(35)31-23(26(34)28(36)32-16-21(30)15-24(32)29(37)38)14-18-10-12-20(13-11-18)19-6-3-2-4-7-19/h2-13,21,23-24,26,33-34H,14-16H2,1H3,(H,31,35)(H,37,38)/t21-,23-,24-,26-/m0/s1. The first-order chi connectivity index (χ1) is 18.2. The van der Waals surface area contributed by atoms with Gasteiger partial charge in [0.25, 0.3) is 11.8 Å². The van der Waals surface area contributed by atoms with Crippen LogP contribution in [0.5, 0.6) is 5.75 Å². The van der Waals surface area contributed by atoms with Gasteiger partial charge in [0.15, 0.2) is 6.10 Å². The number of aliphatic hydroxyl groups excluding tert-OH is 1. The summed E-state index contributed by atoms with van der Waals surface area (Å²) < 4.78 is 0. The molecule has 0 aliphatic carbocycles. The Morgan fingerprint density at radius 3 is 2.32 bits per heavy atom. The number of likely N-dealkylation sites (tertiary alicyclic amines) is 1. The summed E-state index contributed by atoms with van der Waals surface area (Å²) in [4.78, 5) is 39.2. The summed E-state index contributed by atoms with van der Waals surface area (Å²) >= 11 is 6.13. The van der Waals surface area contributed by atoms with Crippen molar-refractivity contribution in [1.29, 1.82) is 0 Å². The molecule has 38 heavy (non-hydrogen) atoms. The van der Waals surface area contributed by atoms with Crippen LogP contribution in [0.25, 0.3) is 11.1 Å². The molecule has 3 aromatic carbocycles. The fourth-order valence-corrected chi connectivity index (χ4v) is 5.00. The zero-order chi connectivity index (χ0) is 27.4. The van der Waals surface area contributed by atoms with E-state index in [-0.39, 0.29) is 30.7 Å². The molecule has 1 saturated heterocycles. The number of carbonyl (C=O) groups excluding carboxylic acids is 2. The van der Waals surface area contributed by atoms with Crippen LogP contribution < -0.4 is 5.32 Å². The van der Waals surface area contributed by atoms with Gasteiger partial charge >= 0.3 is 5.97 Å². The fraction of sp³-hybridized carbons (Fsp3) is 0.276. The summed E-state index contributed by atoms with van der Waals surface area (Å²) in [5.74, 6) is -2.67. The molecule has 0 saturated carbocycles. The second kappa shape index (κ2) is 11.7. The summed E-state index contributed by atoms with van der Waals surface area (Å²) in [7, 11) is 0. The number of aromatic hydroxyl groups is 1. The first kappa shape index (κ1) is 27.2. The Balaban J connectivity index is 1.60. The van der Waals surface area contributed by atoms with E-state index in [4.69, 9.17) is 11.6 Å². The van der Waals surface area contributed by atoms with Crippen LogP contribution in [0.15, 0.2) is 72.8 Å². The quantitative estimate of drug-likeness (QED) is 0.327. The van der Waals surface area contributed by atoms with Gasteiger partial charge in [-0.05, 0) is 48.6 Å². The molecule has 1 fully saturated rings. The molecule has 198 valence electrons. The molecular weight excluding hydrogens is 508 g/mol. The lowest BCUT2D eigenvalue weighted by Gasteiger charge is -2.29.